The van der Waals surface area contributed by atoms with Gasteiger partial charge in [-0.1, -0.05) is 0 Å². The smallest absolute Gasteiger partial charge is 0.247 e. The fraction of sp³-hybridized carbons (Fsp3) is 0.455. The molecule has 0 spiro atoms. The van der Waals surface area contributed by atoms with E-state index in [4.69, 9.17) is 0 Å². The molecule has 0 N–H and O–H groups in total. The van der Waals surface area contributed by atoms with Gasteiger partial charge < -0.3 is 0 Å². The summed E-state index contributed by atoms with van der Waals surface area (Å²) in [5, 5.41) is 4.57. The minimum absolute atomic E-state index is 0.304. The van der Waals surface area contributed by atoms with Crippen LogP contribution in [0.4, 0.5) is 22.0 Å². The molecule has 2 rings (SSSR count). The molecule has 0 saturated heterocycles. The van der Waals surface area contributed by atoms with Crippen LogP contribution < -0.4 is 0 Å². The number of alkyl halides is 5. The van der Waals surface area contributed by atoms with E-state index in [0.29, 0.717) is 16.7 Å². The summed E-state index contributed by atoms with van der Waals surface area (Å²) in [4.78, 5) is 3.94. The van der Waals surface area contributed by atoms with E-state index in [-0.39, 0.29) is 0 Å². The number of hydrogen-bond donors (Lipinski definition) is 0. The van der Waals surface area contributed by atoms with Crippen molar-refractivity contribution >= 4 is 11.0 Å². The lowest BCUT2D eigenvalue weighted by Gasteiger charge is -2.19. The van der Waals surface area contributed by atoms with Gasteiger partial charge in [-0.25, -0.2) is 9.67 Å². The lowest BCUT2D eigenvalue weighted by molar-refractivity contribution is -0.285. The third-order valence-corrected chi connectivity index (χ3v) is 2.74. The molecule has 0 aliphatic rings. The van der Waals surface area contributed by atoms with E-state index in [9.17, 15) is 22.0 Å². The predicted molar refractivity (Wildman–Crippen MR) is 57.9 cm³/mol. The van der Waals surface area contributed by atoms with E-state index in [0.717, 1.165) is 4.68 Å². The zero-order valence-electron chi connectivity index (χ0n) is 9.88. The van der Waals surface area contributed by atoms with Gasteiger partial charge in [0, 0.05) is 24.5 Å². The second-order valence-corrected chi connectivity index (χ2v) is 4.14. The molecule has 0 aliphatic heterocycles. The Kier molecular flexibility index (Phi) is 3.19. The molecule has 104 valence electrons. The Bertz CT molecular complexity index is 588. The number of pyridine rings is 1. The number of aryl methyl sites for hydroxylation is 2. The Balaban J connectivity index is 2.24. The molecule has 2 aromatic heterocycles. The SMILES string of the molecule is Cc1nn(CCC(F)(F)C(F)(F)F)c2ncccc12. The first-order valence-corrected chi connectivity index (χ1v) is 5.45. The summed E-state index contributed by atoms with van der Waals surface area (Å²) in [5.41, 5.74) is 0.844. The fourth-order valence-corrected chi connectivity index (χ4v) is 1.71. The zero-order chi connectivity index (χ0) is 14.3. The van der Waals surface area contributed by atoms with Crippen molar-refractivity contribution in [2.45, 2.75) is 32.0 Å². The van der Waals surface area contributed by atoms with E-state index in [2.05, 4.69) is 10.1 Å². The maximum Gasteiger partial charge on any atom is 0.453 e. The maximum atomic E-state index is 12.8. The molecule has 2 heterocycles. The summed E-state index contributed by atoms with van der Waals surface area (Å²) >= 11 is 0. The van der Waals surface area contributed by atoms with Gasteiger partial charge in [0.25, 0.3) is 0 Å². The maximum absolute atomic E-state index is 12.8. The van der Waals surface area contributed by atoms with Crippen LogP contribution in [-0.4, -0.2) is 26.9 Å². The van der Waals surface area contributed by atoms with Crippen molar-refractivity contribution in [3.63, 3.8) is 0 Å². The second kappa shape index (κ2) is 4.43. The van der Waals surface area contributed by atoms with E-state index in [1.807, 2.05) is 0 Å². The molecule has 0 bridgehead atoms. The van der Waals surface area contributed by atoms with Crippen molar-refractivity contribution < 1.29 is 22.0 Å². The van der Waals surface area contributed by atoms with Gasteiger partial charge in [-0.15, -0.1) is 0 Å². The molecule has 0 amide bonds. The van der Waals surface area contributed by atoms with Gasteiger partial charge in [0.1, 0.15) is 0 Å². The molecule has 0 aliphatic carbocycles. The van der Waals surface area contributed by atoms with Crippen molar-refractivity contribution in [1.29, 1.82) is 0 Å². The molecule has 19 heavy (non-hydrogen) atoms. The zero-order valence-corrected chi connectivity index (χ0v) is 9.88. The van der Waals surface area contributed by atoms with Gasteiger partial charge in [-0.3, -0.25) is 0 Å². The standard InChI is InChI=1S/C11H10F5N3/c1-7-8-3-2-5-17-9(8)19(18-7)6-4-10(12,13)11(14,15)16/h2-3,5H,4,6H2,1H3. The number of hydrogen-bond acceptors (Lipinski definition) is 2. The van der Waals surface area contributed by atoms with Crippen LogP contribution in [0.15, 0.2) is 18.3 Å². The summed E-state index contributed by atoms with van der Waals surface area (Å²) < 4.78 is 62.9. The molecule has 3 nitrogen and oxygen atoms in total. The minimum Gasteiger partial charge on any atom is -0.247 e. The van der Waals surface area contributed by atoms with Gasteiger partial charge in [0.2, 0.25) is 0 Å². The number of halogens is 5. The quantitative estimate of drug-likeness (QED) is 0.807. The molecule has 0 fully saturated rings. The van der Waals surface area contributed by atoms with Crippen LogP contribution in [0.1, 0.15) is 12.1 Å². The van der Waals surface area contributed by atoms with Gasteiger partial charge >= 0.3 is 12.1 Å². The van der Waals surface area contributed by atoms with E-state index < -0.39 is 25.1 Å². The van der Waals surface area contributed by atoms with Crippen LogP contribution in [0, 0.1) is 6.92 Å². The lowest BCUT2D eigenvalue weighted by Crippen LogP contribution is -2.37. The first kappa shape index (κ1) is 13.7. The van der Waals surface area contributed by atoms with Crippen molar-refractivity contribution in [1.82, 2.24) is 14.8 Å². The first-order chi connectivity index (χ1) is 8.72. The molecular weight excluding hydrogens is 269 g/mol. The topological polar surface area (TPSA) is 30.7 Å². The van der Waals surface area contributed by atoms with Crippen LogP contribution in [0.3, 0.4) is 0 Å². The minimum atomic E-state index is -5.54. The molecular formula is C11H10F5N3. The first-order valence-electron chi connectivity index (χ1n) is 5.45. The average Bonchev–Trinajstić information content (AvgIpc) is 2.63. The third kappa shape index (κ3) is 2.52. The largest absolute Gasteiger partial charge is 0.453 e. The van der Waals surface area contributed by atoms with Crippen LogP contribution in [0.25, 0.3) is 11.0 Å². The summed E-state index contributed by atoms with van der Waals surface area (Å²) in [5.74, 6) is -4.73. The number of rotatable bonds is 3. The average molecular weight is 279 g/mol. The Morgan fingerprint density at radius 1 is 1.21 bits per heavy atom. The normalized spacial score (nSPS) is 13.2. The molecule has 0 unspecified atom stereocenters. The van der Waals surface area contributed by atoms with E-state index in [1.54, 1.807) is 19.1 Å². The van der Waals surface area contributed by atoms with Crippen molar-refractivity contribution in [3.8, 4) is 0 Å². The highest BCUT2D eigenvalue weighted by atomic mass is 19.4. The second-order valence-electron chi connectivity index (χ2n) is 4.14. The Morgan fingerprint density at radius 2 is 1.89 bits per heavy atom. The highest BCUT2D eigenvalue weighted by Crippen LogP contribution is 2.38. The van der Waals surface area contributed by atoms with E-state index >= 15 is 0 Å². The van der Waals surface area contributed by atoms with Crippen molar-refractivity contribution in [2.24, 2.45) is 0 Å². The highest BCUT2D eigenvalue weighted by molar-refractivity contribution is 5.77. The summed E-state index contributed by atoms with van der Waals surface area (Å²) in [6, 6.07) is 3.33. The molecule has 0 saturated carbocycles. The van der Waals surface area contributed by atoms with Gasteiger partial charge in [-0.2, -0.15) is 27.1 Å². The summed E-state index contributed by atoms with van der Waals surface area (Å²) in [7, 11) is 0. The molecule has 0 aromatic carbocycles. The molecule has 0 radical (unpaired) electrons. The third-order valence-electron chi connectivity index (χ3n) is 2.74. The Labute approximate surface area is 105 Å². The Hall–Kier alpha value is -1.73. The van der Waals surface area contributed by atoms with Gasteiger partial charge in [0.05, 0.1) is 5.69 Å². The predicted octanol–water partition coefficient (Wildman–Crippen LogP) is 3.33. The van der Waals surface area contributed by atoms with Crippen molar-refractivity contribution in [3.05, 3.63) is 24.0 Å². The lowest BCUT2D eigenvalue weighted by atomic mass is 10.2. The number of nitrogens with zero attached hydrogens (tertiary/aromatic N) is 3. The monoisotopic (exact) mass is 279 g/mol. The highest BCUT2D eigenvalue weighted by Gasteiger charge is 2.56. The van der Waals surface area contributed by atoms with Gasteiger partial charge in [0.15, 0.2) is 5.65 Å². The Morgan fingerprint density at radius 3 is 2.53 bits per heavy atom. The van der Waals surface area contributed by atoms with E-state index in [1.165, 1.54) is 6.20 Å². The van der Waals surface area contributed by atoms with Crippen LogP contribution in [-0.2, 0) is 6.54 Å². The summed E-state index contributed by atoms with van der Waals surface area (Å²) in [6.45, 7) is 1.09. The van der Waals surface area contributed by atoms with Crippen LogP contribution in [0.5, 0.6) is 0 Å². The van der Waals surface area contributed by atoms with Crippen LogP contribution in [0.2, 0.25) is 0 Å². The van der Waals surface area contributed by atoms with Crippen molar-refractivity contribution in [2.75, 3.05) is 0 Å². The summed E-state index contributed by atoms with van der Waals surface area (Å²) in [6.07, 6.45) is -5.47. The number of fused-ring (bicyclic) bond motifs is 1. The van der Waals surface area contributed by atoms with Crippen LogP contribution >= 0.6 is 0 Å². The molecule has 2 aromatic rings. The fourth-order valence-electron chi connectivity index (χ4n) is 1.71. The van der Waals surface area contributed by atoms with Gasteiger partial charge in [-0.05, 0) is 19.1 Å². The molecule has 8 heteroatoms. The number of aromatic nitrogens is 3. The molecule has 0 atom stereocenters.